The van der Waals surface area contributed by atoms with Gasteiger partial charge in [0.25, 0.3) is 10.0 Å². The van der Waals surface area contributed by atoms with Gasteiger partial charge in [-0.25, -0.2) is 8.42 Å². The number of aryl methyl sites for hydroxylation is 1. The van der Waals surface area contributed by atoms with Crippen LogP contribution in [-0.2, 0) is 14.8 Å². The second-order valence-corrected chi connectivity index (χ2v) is 8.78. The quantitative estimate of drug-likeness (QED) is 0.542. The van der Waals surface area contributed by atoms with E-state index in [4.69, 9.17) is 4.74 Å². The number of amides is 1. The Morgan fingerprint density at radius 2 is 1.86 bits per heavy atom. The first-order valence-electron chi connectivity index (χ1n) is 8.68. The molecule has 2 N–H and O–H groups in total. The van der Waals surface area contributed by atoms with Crippen LogP contribution in [-0.4, -0.2) is 21.4 Å². The van der Waals surface area contributed by atoms with Crippen molar-refractivity contribution in [2.24, 2.45) is 0 Å². The van der Waals surface area contributed by atoms with Gasteiger partial charge >= 0.3 is 0 Å². The van der Waals surface area contributed by atoms with Gasteiger partial charge in [-0.3, -0.25) is 9.52 Å². The minimum atomic E-state index is -3.87. The summed E-state index contributed by atoms with van der Waals surface area (Å²) in [7, 11) is -2.40. The Balaban J connectivity index is 1.81. The topological polar surface area (TPSA) is 84.5 Å². The molecule has 0 aliphatic carbocycles. The summed E-state index contributed by atoms with van der Waals surface area (Å²) in [6.45, 7) is 1.79. The number of nitrogens with one attached hydrogen (secondary N) is 2. The summed E-state index contributed by atoms with van der Waals surface area (Å²) < 4.78 is 33.3. The third kappa shape index (κ3) is 5.24. The van der Waals surface area contributed by atoms with E-state index >= 15 is 0 Å². The molecule has 0 radical (unpaired) electrons. The molecule has 1 amide bonds. The van der Waals surface area contributed by atoms with Crippen LogP contribution in [0.3, 0.4) is 0 Å². The van der Waals surface area contributed by atoms with Gasteiger partial charge in [-0.05, 0) is 54.3 Å². The van der Waals surface area contributed by atoms with Crippen molar-refractivity contribution in [2.75, 3.05) is 17.1 Å². The molecular weight excluding hydrogens is 408 g/mol. The average molecular weight is 429 g/mol. The van der Waals surface area contributed by atoms with Gasteiger partial charge in [0.1, 0.15) is 5.75 Å². The monoisotopic (exact) mass is 428 g/mol. The Bertz CT molecular complexity index is 1140. The van der Waals surface area contributed by atoms with Crippen molar-refractivity contribution in [1.82, 2.24) is 0 Å². The predicted molar refractivity (Wildman–Crippen MR) is 117 cm³/mol. The van der Waals surface area contributed by atoms with Crippen LogP contribution >= 0.6 is 11.3 Å². The van der Waals surface area contributed by atoms with Crippen molar-refractivity contribution in [1.29, 1.82) is 0 Å². The molecule has 3 aromatic rings. The van der Waals surface area contributed by atoms with Gasteiger partial charge in [0.2, 0.25) is 5.91 Å². The lowest BCUT2D eigenvalue weighted by Gasteiger charge is -2.13. The molecule has 2 aromatic carbocycles. The third-order valence-electron chi connectivity index (χ3n) is 4.07. The van der Waals surface area contributed by atoms with Gasteiger partial charge < -0.3 is 10.1 Å². The fourth-order valence-corrected chi connectivity index (χ4v) is 4.27. The lowest BCUT2D eigenvalue weighted by atomic mass is 10.2. The van der Waals surface area contributed by atoms with E-state index in [0.29, 0.717) is 17.1 Å². The Labute approximate surface area is 173 Å². The second-order valence-electron chi connectivity index (χ2n) is 6.12. The van der Waals surface area contributed by atoms with Crippen molar-refractivity contribution < 1.29 is 17.9 Å². The maximum absolute atomic E-state index is 12.8. The van der Waals surface area contributed by atoms with E-state index in [1.165, 1.54) is 36.7 Å². The molecule has 3 rings (SSSR count). The lowest BCUT2D eigenvalue weighted by Crippen LogP contribution is -2.15. The Hall–Kier alpha value is -3.10. The summed E-state index contributed by atoms with van der Waals surface area (Å²) in [6, 6.07) is 15.1. The van der Waals surface area contributed by atoms with Gasteiger partial charge in [0, 0.05) is 16.6 Å². The molecule has 1 aromatic heterocycles. The molecule has 0 saturated carbocycles. The van der Waals surface area contributed by atoms with Crippen molar-refractivity contribution >= 4 is 44.7 Å². The van der Waals surface area contributed by atoms with Crippen LogP contribution in [0, 0.1) is 6.92 Å². The van der Waals surface area contributed by atoms with Crippen molar-refractivity contribution in [2.45, 2.75) is 11.8 Å². The molecule has 1 heterocycles. The van der Waals surface area contributed by atoms with E-state index in [1.54, 1.807) is 43.3 Å². The molecule has 0 fully saturated rings. The normalized spacial score (nSPS) is 11.4. The molecule has 29 heavy (non-hydrogen) atoms. The van der Waals surface area contributed by atoms with E-state index in [1.807, 2.05) is 17.5 Å². The minimum Gasteiger partial charge on any atom is -0.495 e. The number of methoxy groups -OCH3 is 1. The molecule has 0 bridgehead atoms. The fraction of sp³-hybridized carbons (Fsp3) is 0.0952. The van der Waals surface area contributed by atoms with Gasteiger partial charge in [-0.2, -0.15) is 0 Å². The minimum absolute atomic E-state index is 0.0338. The zero-order valence-corrected chi connectivity index (χ0v) is 17.5. The van der Waals surface area contributed by atoms with E-state index in [2.05, 4.69) is 10.0 Å². The summed E-state index contributed by atoms with van der Waals surface area (Å²) in [6.07, 6.45) is 3.12. The molecule has 0 aliphatic heterocycles. The van der Waals surface area contributed by atoms with Crippen molar-refractivity contribution in [3.05, 3.63) is 76.5 Å². The number of hydrogen-bond acceptors (Lipinski definition) is 5. The highest BCUT2D eigenvalue weighted by Gasteiger charge is 2.18. The molecule has 6 nitrogen and oxygen atoms in total. The highest BCUT2D eigenvalue weighted by atomic mass is 32.2. The number of ether oxygens (including phenoxy) is 1. The summed E-state index contributed by atoms with van der Waals surface area (Å²) in [5.41, 5.74) is 1.51. The lowest BCUT2D eigenvalue weighted by molar-refractivity contribution is -0.111. The first-order chi connectivity index (χ1) is 13.9. The molecule has 0 atom stereocenters. The predicted octanol–water partition coefficient (Wildman–Crippen LogP) is 4.52. The summed E-state index contributed by atoms with van der Waals surface area (Å²) in [4.78, 5) is 13.2. The Morgan fingerprint density at radius 3 is 2.59 bits per heavy atom. The number of carbonyl (C=O) groups excluding carboxylic acids is 1. The Kier molecular flexibility index (Phi) is 6.36. The van der Waals surface area contributed by atoms with Gasteiger partial charge in [0.15, 0.2) is 0 Å². The third-order valence-corrected chi connectivity index (χ3v) is 6.27. The van der Waals surface area contributed by atoms with Crippen LogP contribution in [0.1, 0.15) is 10.4 Å². The van der Waals surface area contributed by atoms with Crippen LogP contribution in [0.4, 0.5) is 11.4 Å². The standard InChI is InChI=1S/C21H20N2O4S2/c1-15-9-11-17(29(25,26)23-18-7-3-4-8-20(18)27-2)14-19(15)22-21(24)12-10-16-6-5-13-28-16/h3-14,23H,1-2H3,(H,22,24). The number of sulfonamides is 1. The average Bonchev–Trinajstić information content (AvgIpc) is 3.22. The number of anilines is 2. The van der Waals surface area contributed by atoms with Crippen LogP contribution in [0.2, 0.25) is 0 Å². The summed E-state index contributed by atoms with van der Waals surface area (Å²) in [5.74, 6) is 0.0733. The number of hydrogen-bond donors (Lipinski definition) is 2. The van der Waals surface area contributed by atoms with Gasteiger partial charge in [-0.1, -0.05) is 24.3 Å². The van der Waals surface area contributed by atoms with Crippen molar-refractivity contribution in [3.8, 4) is 5.75 Å². The smallest absolute Gasteiger partial charge is 0.262 e. The summed E-state index contributed by atoms with van der Waals surface area (Å²) in [5, 5.41) is 4.65. The number of benzene rings is 2. The van der Waals surface area contributed by atoms with E-state index in [0.717, 1.165) is 10.4 Å². The van der Waals surface area contributed by atoms with Crippen LogP contribution in [0.15, 0.2) is 70.9 Å². The second kappa shape index (κ2) is 8.93. The number of thiophene rings is 1. The first kappa shape index (κ1) is 20.6. The highest BCUT2D eigenvalue weighted by molar-refractivity contribution is 7.92. The molecule has 0 spiro atoms. The summed E-state index contributed by atoms with van der Waals surface area (Å²) >= 11 is 1.52. The maximum atomic E-state index is 12.8. The zero-order valence-electron chi connectivity index (χ0n) is 15.9. The van der Waals surface area contributed by atoms with Crippen molar-refractivity contribution in [3.63, 3.8) is 0 Å². The molecule has 0 saturated heterocycles. The number of carbonyl (C=O) groups is 1. The van der Waals surface area contributed by atoms with Gasteiger partial charge in [-0.15, -0.1) is 11.3 Å². The maximum Gasteiger partial charge on any atom is 0.262 e. The first-order valence-corrected chi connectivity index (χ1v) is 11.0. The largest absolute Gasteiger partial charge is 0.495 e. The van der Waals surface area contributed by atoms with Gasteiger partial charge in [0.05, 0.1) is 17.7 Å². The molecular formula is C21H20N2O4S2. The SMILES string of the molecule is COc1ccccc1NS(=O)(=O)c1ccc(C)c(NC(=O)C=Cc2cccs2)c1. The number of rotatable bonds is 7. The highest BCUT2D eigenvalue weighted by Crippen LogP contribution is 2.27. The van der Waals surface area contributed by atoms with E-state index < -0.39 is 10.0 Å². The molecule has 8 heteroatoms. The molecule has 0 unspecified atom stereocenters. The van der Waals surface area contributed by atoms with Crippen LogP contribution in [0.25, 0.3) is 6.08 Å². The van der Waals surface area contributed by atoms with Crippen LogP contribution < -0.4 is 14.8 Å². The van der Waals surface area contributed by atoms with E-state index in [-0.39, 0.29) is 10.8 Å². The Morgan fingerprint density at radius 1 is 1.07 bits per heavy atom. The molecule has 150 valence electrons. The number of para-hydroxylation sites is 2. The van der Waals surface area contributed by atoms with E-state index in [9.17, 15) is 13.2 Å². The molecule has 0 aliphatic rings. The van der Waals surface area contributed by atoms with Crippen LogP contribution in [0.5, 0.6) is 5.75 Å². The zero-order chi connectivity index (χ0) is 20.9. The fourth-order valence-electron chi connectivity index (χ4n) is 2.55.